The number of hydrogen-bond acceptors (Lipinski definition) is 7. The molecule has 0 spiro atoms. The third-order valence-electron chi connectivity index (χ3n) is 6.85. The molecule has 0 aliphatic carbocycles. The van der Waals surface area contributed by atoms with Crippen molar-refractivity contribution in [2.45, 2.75) is 39.7 Å². The maximum atomic E-state index is 13.4. The van der Waals surface area contributed by atoms with Gasteiger partial charge in [0.2, 0.25) is 0 Å². The highest BCUT2D eigenvalue weighted by Crippen LogP contribution is 2.41. The van der Waals surface area contributed by atoms with Crippen molar-refractivity contribution in [1.82, 2.24) is 9.80 Å². The van der Waals surface area contributed by atoms with Gasteiger partial charge in [0, 0.05) is 18.7 Å². The van der Waals surface area contributed by atoms with E-state index in [0.29, 0.717) is 61.3 Å². The summed E-state index contributed by atoms with van der Waals surface area (Å²) >= 11 is 0. The molecular formula is C29H36N2O6. The molecule has 4 rings (SSSR count). The number of carbonyl (C=O) groups excluding carboxylic acids is 2. The van der Waals surface area contributed by atoms with Gasteiger partial charge in [-0.05, 0) is 55.4 Å². The number of ketones is 1. The smallest absolute Gasteiger partial charge is 0.295 e. The first-order valence-electron chi connectivity index (χ1n) is 13.1. The fourth-order valence-electron chi connectivity index (χ4n) is 4.70. The predicted octanol–water partition coefficient (Wildman–Crippen LogP) is 4.40. The number of likely N-dealkylation sites (N-methyl/N-ethyl adjacent to an activating group) is 1. The SMILES string of the molecule is CCCCOc1cccc(C2/C(=C(\O)c3ccc4c(c3)OCCO4)C(=O)C(=O)N2CCN(CC)CC)c1. The maximum absolute atomic E-state index is 13.4. The number of amides is 1. The number of benzene rings is 2. The fourth-order valence-corrected chi connectivity index (χ4v) is 4.70. The van der Waals surface area contributed by atoms with E-state index in [1.807, 2.05) is 24.3 Å². The molecule has 2 aliphatic rings. The van der Waals surface area contributed by atoms with Crippen LogP contribution in [-0.4, -0.2) is 72.6 Å². The Morgan fingerprint density at radius 2 is 1.81 bits per heavy atom. The van der Waals surface area contributed by atoms with E-state index in [9.17, 15) is 14.7 Å². The molecule has 0 aromatic heterocycles. The third-order valence-corrected chi connectivity index (χ3v) is 6.85. The predicted molar refractivity (Wildman–Crippen MR) is 141 cm³/mol. The van der Waals surface area contributed by atoms with Crippen LogP contribution in [0, 0.1) is 0 Å². The van der Waals surface area contributed by atoms with Gasteiger partial charge in [-0.3, -0.25) is 9.59 Å². The van der Waals surface area contributed by atoms with Gasteiger partial charge in [0.25, 0.3) is 11.7 Å². The summed E-state index contributed by atoms with van der Waals surface area (Å²) in [7, 11) is 0. The number of Topliss-reactive ketones (excluding diaryl/α,β-unsaturated/α-hetero) is 1. The van der Waals surface area contributed by atoms with Crippen LogP contribution in [0.25, 0.3) is 5.76 Å². The molecule has 198 valence electrons. The van der Waals surface area contributed by atoms with Crippen molar-refractivity contribution in [2.75, 3.05) is 46.0 Å². The van der Waals surface area contributed by atoms with Gasteiger partial charge in [0.1, 0.15) is 24.7 Å². The molecule has 8 heteroatoms. The number of aliphatic hydroxyl groups excluding tert-OH is 1. The minimum atomic E-state index is -0.738. The highest BCUT2D eigenvalue weighted by atomic mass is 16.6. The number of likely N-dealkylation sites (tertiary alicyclic amines) is 1. The number of ether oxygens (including phenoxy) is 3. The Morgan fingerprint density at radius 1 is 1.05 bits per heavy atom. The number of hydrogen-bond donors (Lipinski definition) is 1. The molecule has 1 fully saturated rings. The zero-order chi connectivity index (χ0) is 26.4. The van der Waals surface area contributed by atoms with Gasteiger partial charge in [-0.1, -0.05) is 39.3 Å². The average Bonchev–Trinajstić information content (AvgIpc) is 3.18. The second-order valence-corrected chi connectivity index (χ2v) is 9.15. The molecule has 0 radical (unpaired) electrons. The van der Waals surface area contributed by atoms with Gasteiger partial charge in [0.15, 0.2) is 11.5 Å². The zero-order valence-corrected chi connectivity index (χ0v) is 21.9. The Balaban J connectivity index is 1.76. The second-order valence-electron chi connectivity index (χ2n) is 9.15. The van der Waals surface area contributed by atoms with E-state index in [1.165, 1.54) is 0 Å². The molecule has 0 saturated carbocycles. The van der Waals surface area contributed by atoms with Crippen LogP contribution in [0.4, 0.5) is 0 Å². The lowest BCUT2D eigenvalue weighted by atomic mass is 9.95. The molecule has 2 heterocycles. The first-order chi connectivity index (χ1) is 18.0. The highest BCUT2D eigenvalue weighted by molar-refractivity contribution is 6.46. The van der Waals surface area contributed by atoms with Crippen LogP contribution in [0.15, 0.2) is 48.0 Å². The average molecular weight is 509 g/mol. The minimum Gasteiger partial charge on any atom is -0.507 e. The van der Waals surface area contributed by atoms with E-state index >= 15 is 0 Å². The molecular weight excluding hydrogens is 472 g/mol. The second kappa shape index (κ2) is 12.1. The van der Waals surface area contributed by atoms with Crippen LogP contribution in [0.2, 0.25) is 0 Å². The van der Waals surface area contributed by atoms with Crippen molar-refractivity contribution in [3.05, 3.63) is 59.2 Å². The van der Waals surface area contributed by atoms with Crippen LogP contribution < -0.4 is 14.2 Å². The quantitative estimate of drug-likeness (QED) is 0.208. The van der Waals surface area contributed by atoms with Gasteiger partial charge in [-0.15, -0.1) is 0 Å². The summed E-state index contributed by atoms with van der Waals surface area (Å²) in [5.74, 6) is 0.190. The van der Waals surface area contributed by atoms with Crippen LogP contribution in [-0.2, 0) is 9.59 Å². The summed E-state index contributed by atoms with van der Waals surface area (Å²) in [5, 5.41) is 11.4. The summed E-state index contributed by atoms with van der Waals surface area (Å²) in [6, 6.07) is 11.7. The van der Waals surface area contributed by atoms with Crippen LogP contribution in [0.3, 0.4) is 0 Å². The van der Waals surface area contributed by atoms with Gasteiger partial charge in [-0.2, -0.15) is 0 Å². The van der Waals surface area contributed by atoms with Crippen LogP contribution in [0.1, 0.15) is 50.8 Å². The topological polar surface area (TPSA) is 88.5 Å². The Labute approximate surface area is 218 Å². The number of unbranched alkanes of at least 4 members (excludes halogenated alkanes) is 1. The monoisotopic (exact) mass is 508 g/mol. The zero-order valence-electron chi connectivity index (χ0n) is 21.9. The first kappa shape index (κ1) is 26.5. The molecule has 1 amide bonds. The van der Waals surface area contributed by atoms with Crippen molar-refractivity contribution in [3.8, 4) is 17.2 Å². The Hall–Kier alpha value is -3.52. The van der Waals surface area contributed by atoms with Gasteiger partial charge < -0.3 is 29.1 Å². The largest absolute Gasteiger partial charge is 0.507 e. The van der Waals surface area contributed by atoms with E-state index in [2.05, 4.69) is 25.7 Å². The molecule has 0 bridgehead atoms. The van der Waals surface area contributed by atoms with Crippen LogP contribution >= 0.6 is 0 Å². The summed E-state index contributed by atoms with van der Waals surface area (Å²) in [5.41, 5.74) is 1.17. The highest BCUT2D eigenvalue weighted by Gasteiger charge is 2.46. The summed E-state index contributed by atoms with van der Waals surface area (Å²) in [4.78, 5) is 30.4. The summed E-state index contributed by atoms with van der Waals surface area (Å²) < 4.78 is 17.2. The van der Waals surface area contributed by atoms with Crippen molar-refractivity contribution >= 4 is 17.4 Å². The molecule has 2 aliphatic heterocycles. The molecule has 1 atom stereocenters. The number of aliphatic hydroxyl groups is 1. The minimum absolute atomic E-state index is 0.0620. The molecule has 2 aromatic rings. The van der Waals surface area contributed by atoms with Crippen molar-refractivity contribution in [2.24, 2.45) is 0 Å². The lowest BCUT2D eigenvalue weighted by Gasteiger charge is -2.28. The van der Waals surface area contributed by atoms with Crippen molar-refractivity contribution in [3.63, 3.8) is 0 Å². The Bertz CT molecular complexity index is 1160. The van der Waals surface area contributed by atoms with Gasteiger partial charge in [0.05, 0.1) is 18.2 Å². The number of carbonyl (C=O) groups is 2. The van der Waals surface area contributed by atoms with Crippen molar-refractivity contribution < 1.29 is 28.9 Å². The lowest BCUT2D eigenvalue weighted by molar-refractivity contribution is -0.140. The third kappa shape index (κ3) is 5.74. The van der Waals surface area contributed by atoms with E-state index in [-0.39, 0.29) is 11.3 Å². The fraction of sp³-hybridized carbons (Fsp3) is 0.448. The first-order valence-corrected chi connectivity index (χ1v) is 13.1. The maximum Gasteiger partial charge on any atom is 0.295 e. The standard InChI is InChI=1S/C29H36N2O6/c1-4-7-15-35-22-10-8-9-20(18-22)26-25(28(33)29(34)31(26)14-13-30(5-2)6-3)27(32)21-11-12-23-24(19-21)37-17-16-36-23/h8-12,18-19,26,32H,4-7,13-17H2,1-3H3/b27-25+. The van der Waals surface area contributed by atoms with E-state index in [0.717, 1.165) is 25.9 Å². The lowest BCUT2D eigenvalue weighted by Crippen LogP contribution is -2.38. The number of fused-ring (bicyclic) bond motifs is 1. The Morgan fingerprint density at radius 3 is 2.54 bits per heavy atom. The molecule has 2 aromatic carbocycles. The molecule has 37 heavy (non-hydrogen) atoms. The Kier molecular flexibility index (Phi) is 8.71. The van der Waals surface area contributed by atoms with E-state index in [4.69, 9.17) is 14.2 Å². The van der Waals surface area contributed by atoms with Gasteiger partial charge in [-0.25, -0.2) is 0 Å². The number of nitrogens with zero attached hydrogens (tertiary/aromatic N) is 2. The van der Waals surface area contributed by atoms with Gasteiger partial charge >= 0.3 is 0 Å². The van der Waals surface area contributed by atoms with E-state index in [1.54, 1.807) is 23.1 Å². The van der Waals surface area contributed by atoms with E-state index < -0.39 is 17.7 Å². The molecule has 1 saturated heterocycles. The normalized spacial score (nSPS) is 18.5. The van der Waals surface area contributed by atoms with Crippen molar-refractivity contribution in [1.29, 1.82) is 0 Å². The van der Waals surface area contributed by atoms with Crippen LogP contribution in [0.5, 0.6) is 17.2 Å². The summed E-state index contributed by atoms with van der Waals surface area (Å²) in [6.07, 6.45) is 1.94. The summed E-state index contributed by atoms with van der Waals surface area (Å²) in [6.45, 7) is 10.3. The molecule has 8 nitrogen and oxygen atoms in total. The molecule has 1 unspecified atom stereocenters. The molecule has 1 N–H and O–H groups in total. The number of rotatable bonds is 11.